The maximum atomic E-state index is 12.4. The second-order valence-corrected chi connectivity index (χ2v) is 8.20. The molecule has 6 nitrogen and oxygen atoms in total. The molecule has 0 unspecified atom stereocenters. The summed E-state index contributed by atoms with van der Waals surface area (Å²) < 4.78 is 5.49. The second kappa shape index (κ2) is 11.2. The molecule has 1 heterocycles. The van der Waals surface area contributed by atoms with Gasteiger partial charge in [0.25, 0.3) is 0 Å². The molecule has 0 bridgehead atoms. The summed E-state index contributed by atoms with van der Waals surface area (Å²) in [5.74, 6) is 1.61. The van der Waals surface area contributed by atoms with Gasteiger partial charge in [-0.15, -0.1) is 0 Å². The summed E-state index contributed by atoms with van der Waals surface area (Å²) in [6, 6.07) is 7.55. The summed E-state index contributed by atoms with van der Waals surface area (Å²) in [4.78, 5) is 27.0. The van der Waals surface area contributed by atoms with E-state index in [-0.39, 0.29) is 18.2 Å². The third-order valence-corrected chi connectivity index (χ3v) is 6.03. The van der Waals surface area contributed by atoms with Crippen LogP contribution in [0.15, 0.2) is 24.3 Å². The molecule has 1 aliphatic carbocycles. The quantitative estimate of drug-likeness (QED) is 0.592. The van der Waals surface area contributed by atoms with Crippen molar-refractivity contribution in [3.05, 3.63) is 29.8 Å². The molecule has 1 atom stereocenters. The fourth-order valence-corrected chi connectivity index (χ4v) is 4.43. The van der Waals surface area contributed by atoms with E-state index >= 15 is 0 Å². The summed E-state index contributed by atoms with van der Waals surface area (Å²) in [5.41, 5.74) is 1.12. The van der Waals surface area contributed by atoms with Crippen LogP contribution < -0.4 is 15.4 Å². The first-order valence-electron chi connectivity index (χ1n) is 11.2. The van der Waals surface area contributed by atoms with Crippen LogP contribution in [0.2, 0.25) is 0 Å². The Labute approximate surface area is 174 Å². The molecule has 6 heteroatoms. The molecule has 2 N–H and O–H groups in total. The van der Waals surface area contributed by atoms with Gasteiger partial charge in [-0.25, -0.2) is 0 Å². The molecule has 2 fully saturated rings. The highest BCUT2D eigenvalue weighted by Crippen LogP contribution is 2.28. The highest BCUT2D eigenvalue weighted by molar-refractivity contribution is 5.88. The summed E-state index contributed by atoms with van der Waals surface area (Å²) in [7, 11) is 0. The van der Waals surface area contributed by atoms with Gasteiger partial charge in [-0.2, -0.15) is 0 Å². The van der Waals surface area contributed by atoms with Crippen molar-refractivity contribution in [2.45, 2.75) is 64.5 Å². The van der Waals surface area contributed by atoms with Crippen molar-refractivity contribution in [3.8, 4) is 5.75 Å². The van der Waals surface area contributed by atoms with Crippen LogP contribution in [-0.4, -0.2) is 49.0 Å². The zero-order valence-electron chi connectivity index (χ0n) is 17.6. The Bertz CT molecular complexity index is 656. The molecule has 160 valence electrons. The van der Waals surface area contributed by atoms with Crippen molar-refractivity contribution in [2.75, 3.05) is 26.2 Å². The van der Waals surface area contributed by atoms with Crippen LogP contribution >= 0.6 is 0 Å². The van der Waals surface area contributed by atoms with E-state index in [1.54, 1.807) is 0 Å². The van der Waals surface area contributed by atoms with Crippen LogP contribution in [0.5, 0.6) is 5.75 Å². The van der Waals surface area contributed by atoms with Gasteiger partial charge in [0.2, 0.25) is 11.8 Å². The van der Waals surface area contributed by atoms with Crippen molar-refractivity contribution in [2.24, 2.45) is 5.92 Å². The Hall–Kier alpha value is -2.08. The number of nitrogens with one attached hydrogen (secondary N) is 2. The smallest absolute Gasteiger partial charge is 0.237 e. The van der Waals surface area contributed by atoms with Crippen molar-refractivity contribution in [1.29, 1.82) is 0 Å². The van der Waals surface area contributed by atoms with E-state index in [2.05, 4.69) is 15.5 Å². The van der Waals surface area contributed by atoms with Crippen molar-refractivity contribution < 1.29 is 14.3 Å². The highest BCUT2D eigenvalue weighted by atomic mass is 16.5. The van der Waals surface area contributed by atoms with Gasteiger partial charge in [-0.3, -0.25) is 14.5 Å². The molecule has 1 aromatic carbocycles. The summed E-state index contributed by atoms with van der Waals surface area (Å²) >= 11 is 0. The largest absolute Gasteiger partial charge is 0.494 e. The molecule has 0 aromatic heterocycles. The van der Waals surface area contributed by atoms with Crippen LogP contribution in [0.4, 0.5) is 0 Å². The predicted octanol–water partition coefficient (Wildman–Crippen LogP) is 2.86. The van der Waals surface area contributed by atoms with Crippen LogP contribution in [0.3, 0.4) is 0 Å². The first-order valence-corrected chi connectivity index (χ1v) is 11.2. The molecule has 2 amide bonds. The van der Waals surface area contributed by atoms with E-state index in [1.807, 2.05) is 31.2 Å². The van der Waals surface area contributed by atoms with E-state index in [0.717, 1.165) is 30.2 Å². The molecule has 3 rings (SSSR count). The Kier molecular flexibility index (Phi) is 8.35. The minimum atomic E-state index is -0.412. The lowest BCUT2D eigenvalue weighted by Crippen LogP contribution is -2.56. The van der Waals surface area contributed by atoms with E-state index < -0.39 is 6.04 Å². The number of amides is 2. The van der Waals surface area contributed by atoms with Crippen LogP contribution in [0.1, 0.15) is 57.4 Å². The lowest BCUT2D eigenvalue weighted by atomic mass is 10.0. The zero-order valence-corrected chi connectivity index (χ0v) is 17.6. The SMILES string of the molecule is CCOc1ccc(CN2CCNC(=O)[C@H]2CC(=O)NCCCC2CCCC2)cc1. The molecular formula is C23H35N3O3. The minimum Gasteiger partial charge on any atom is -0.494 e. The molecule has 29 heavy (non-hydrogen) atoms. The highest BCUT2D eigenvalue weighted by Gasteiger charge is 2.31. The fourth-order valence-electron chi connectivity index (χ4n) is 4.43. The third kappa shape index (κ3) is 6.74. The van der Waals surface area contributed by atoms with Gasteiger partial charge in [-0.1, -0.05) is 37.8 Å². The first-order chi connectivity index (χ1) is 14.2. The van der Waals surface area contributed by atoms with Crippen molar-refractivity contribution in [3.63, 3.8) is 0 Å². The zero-order chi connectivity index (χ0) is 20.5. The topological polar surface area (TPSA) is 70.7 Å². The first kappa shape index (κ1) is 21.6. The van der Waals surface area contributed by atoms with Gasteiger partial charge in [0.05, 0.1) is 19.1 Å². The molecule has 1 aromatic rings. The van der Waals surface area contributed by atoms with Gasteiger partial charge < -0.3 is 15.4 Å². The number of rotatable bonds is 10. The predicted molar refractivity (Wildman–Crippen MR) is 114 cm³/mol. The van der Waals surface area contributed by atoms with Gasteiger partial charge in [0, 0.05) is 26.2 Å². The number of hydrogen-bond donors (Lipinski definition) is 2. The van der Waals surface area contributed by atoms with Crippen LogP contribution in [0, 0.1) is 5.92 Å². The maximum Gasteiger partial charge on any atom is 0.237 e. The molecule has 0 radical (unpaired) electrons. The number of nitrogens with zero attached hydrogens (tertiary/aromatic N) is 1. The summed E-state index contributed by atoms with van der Waals surface area (Å²) in [6.45, 7) is 5.34. The van der Waals surface area contributed by atoms with Gasteiger partial charge in [0.15, 0.2) is 0 Å². The van der Waals surface area contributed by atoms with E-state index in [4.69, 9.17) is 4.74 Å². The van der Waals surface area contributed by atoms with Crippen LogP contribution in [0.25, 0.3) is 0 Å². The number of benzene rings is 1. The minimum absolute atomic E-state index is 0.0323. The normalized spacial score (nSPS) is 20.4. The van der Waals surface area contributed by atoms with Crippen LogP contribution in [-0.2, 0) is 16.1 Å². The standard InChI is InChI=1S/C23H35N3O3/c1-2-29-20-11-9-19(10-12-20)17-26-15-14-25-23(28)21(26)16-22(27)24-13-5-8-18-6-3-4-7-18/h9-12,18,21H,2-8,13-17H2,1H3,(H,24,27)(H,25,28)/t21-/m1/s1. The molecule has 0 spiro atoms. The number of carbonyl (C=O) groups excluding carboxylic acids is 2. The molecule has 2 aliphatic rings. The number of carbonyl (C=O) groups is 2. The maximum absolute atomic E-state index is 12.4. The average Bonchev–Trinajstić information content (AvgIpc) is 3.23. The number of piperazine rings is 1. The van der Waals surface area contributed by atoms with Crippen molar-refractivity contribution >= 4 is 11.8 Å². The monoisotopic (exact) mass is 401 g/mol. The summed E-state index contributed by atoms with van der Waals surface area (Å²) in [5, 5.41) is 5.92. The Morgan fingerprint density at radius 3 is 2.72 bits per heavy atom. The Morgan fingerprint density at radius 2 is 2.00 bits per heavy atom. The molecule has 1 saturated carbocycles. The lowest BCUT2D eigenvalue weighted by molar-refractivity contribution is -0.134. The summed E-state index contributed by atoms with van der Waals surface area (Å²) in [6.07, 6.45) is 7.85. The van der Waals surface area contributed by atoms with Gasteiger partial charge in [0.1, 0.15) is 5.75 Å². The molecule has 1 saturated heterocycles. The van der Waals surface area contributed by atoms with E-state index in [1.165, 1.54) is 32.1 Å². The van der Waals surface area contributed by atoms with E-state index in [0.29, 0.717) is 26.2 Å². The third-order valence-electron chi connectivity index (χ3n) is 6.03. The van der Waals surface area contributed by atoms with Gasteiger partial charge in [-0.05, 0) is 43.4 Å². The number of hydrogen-bond acceptors (Lipinski definition) is 4. The average molecular weight is 402 g/mol. The molecule has 1 aliphatic heterocycles. The number of ether oxygens (including phenoxy) is 1. The Balaban J connectivity index is 1.46. The fraction of sp³-hybridized carbons (Fsp3) is 0.652. The van der Waals surface area contributed by atoms with Gasteiger partial charge >= 0.3 is 0 Å². The molecular weight excluding hydrogens is 366 g/mol. The Morgan fingerprint density at radius 1 is 1.24 bits per heavy atom. The lowest BCUT2D eigenvalue weighted by Gasteiger charge is -2.34. The van der Waals surface area contributed by atoms with E-state index in [9.17, 15) is 9.59 Å². The van der Waals surface area contributed by atoms with Crippen molar-refractivity contribution in [1.82, 2.24) is 15.5 Å². The second-order valence-electron chi connectivity index (χ2n) is 8.20.